The Bertz CT molecular complexity index is 519. The number of aryl methyl sites for hydroxylation is 2. The van der Waals surface area contributed by atoms with Crippen molar-refractivity contribution in [2.24, 2.45) is 7.05 Å². The molecule has 0 aliphatic heterocycles. The van der Waals surface area contributed by atoms with E-state index in [4.69, 9.17) is 0 Å². The summed E-state index contributed by atoms with van der Waals surface area (Å²) < 4.78 is 1.87. The third kappa shape index (κ3) is 4.39. The number of hydrogen-bond donors (Lipinski definition) is 1. The molecule has 4 heteroatoms. The van der Waals surface area contributed by atoms with Gasteiger partial charge in [0, 0.05) is 23.9 Å². The lowest BCUT2D eigenvalue weighted by atomic mass is 10.2. The first-order valence-electron chi connectivity index (χ1n) is 7.11. The lowest BCUT2D eigenvalue weighted by Crippen LogP contribution is -2.24. The maximum atomic E-state index is 4.53. The Labute approximate surface area is 125 Å². The van der Waals surface area contributed by atoms with E-state index in [0.29, 0.717) is 6.04 Å². The molecular weight excluding hydrogens is 266 g/mol. The van der Waals surface area contributed by atoms with Gasteiger partial charge in [0.15, 0.2) is 0 Å². The number of hydrogen-bond acceptors (Lipinski definition) is 3. The summed E-state index contributed by atoms with van der Waals surface area (Å²) in [4.78, 5) is 1.31. The molecule has 0 spiro atoms. The van der Waals surface area contributed by atoms with Crippen LogP contribution in [0.2, 0.25) is 0 Å². The minimum Gasteiger partial charge on any atom is -0.308 e. The number of benzene rings is 1. The molecule has 0 radical (unpaired) electrons. The van der Waals surface area contributed by atoms with Gasteiger partial charge in [-0.25, -0.2) is 0 Å². The highest BCUT2D eigenvalue weighted by atomic mass is 32.2. The summed E-state index contributed by atoms with van der Waals surface area (Å²) in [6, 6.07) is 11.1. The third-order valence-corrected chi connectivity index (χ3v) is 4.28. The molecule has 1 N–H and O–H groups in total. The second-order valence-electron chi connectivity index (χ2n) is 5.05. The van der Waals surface area contributed by atoms with Crippen LogP contribution in [0.4, 0.5) is 0 Å². The second-order valence-corrected chi connectivity index (χ2v) is 6.14. The smallest absolute Gasteiger partial charge is 0.0802 e. The monoisotopic (exact) mass is 289 g/mol. The Morgan fingerprint density at radius 2 is 2.00 bits per heavy atom. The van der Waals surface area contributed by atoms with Crippen LogP contribution in [0.25, 0.3) is 0 Å². The number of nitrogens with one attached hydrogen (secondary N) is 1. The molecule has 1 aromatic heterocycles. The molecule has 1 aromatic carbocycles. The largest absolute Gasteiger partial charge is 0.308 e. The van der Waals surface area contributed by atoms with E-state index in [2.05, 4.69) is 54.6 Å². The van der Waals surface area contributed by atoms with Crippen molar-refractivity contribution in [1.82, 2.24) is 15.1 Å². The van der Waals surface area contributed by atoms with Crippen LogP contribution in [0.1, 0.15) is 30.6 Å². The zero-order chi connectivity index (χ0) is 14.4. The molecule has 108 valence electrons. The van der Waals surface area contributed by atoms with Gasteiger partial charge < -0.3 is 5.32 Å². The fourth-order valence-corrected chi connectivity index (χ4v) is 2.98. The van der Waals surface area contributed by atoms with Crippen molar-refractivity contribution in [1.29, 1.82) is 0 Å². The van der Waals surface area contributed by atoms with E-state index in [1.165, 1.54) is 10.5 Å². The highest BCUT2D eigenvalue weighted by molar-refractivity contribution is 7.99. The Morgan fingerprint density at radius 3 is 2.60 bits per heavy atom. The van der Waals surface area contributed by atoms with Gasteiger partial charge in [0.1, 0.15) is 0 Å². The molecule has 0 amide bonds. The summed E-state index contributed by atoms with van der Waals surface area (Å²) >= 11 is 1.88. The molecular formula is C16H23N3S. The van der Waals surface area contributed by atoms with Gasteiger partial charge in [0.25, 0.3) is 0 Å². The maximum Gasteiger partial charge on any atom is 0.0802 e. The van der Waals surface area contributed by atoms with Crippen molar-refractivity contribution in [2.45, 2.75) is 31.2 Å². The van der Waals surface area contributed by atoms with E-state index in [1.807, 2.05) is 29.7 Å². The lowest BCUT2D eigenvalue weighted by Gasteiger charge is -2.16. The van der Waals surface area contributed by atoms with Gasteiger partial charge in [0.05, 0.1) is 11.7 Å². The van der Waals surface area contributed by atoms with Gasteiger partial charge in [-0.2, -0.15) is 5.10 Å². The summed E-state index contributed by atoms with van der Waals surface area (Å²) in [6.45, 7) is 5.33. The van der Waals surface area contributed by atoms with E-state index in [1.54, 1.807) is 0 Å². The normalized spacial score (nSPS) is 12.6. The van der Waals surface area contributed by atoms with Crippen LogP contribution in [-0.2, 0) is 7.05 Å². The van der Waals surface area contributed by atoms with Crippen LogP contribution in [-0.4, -0.2) is 22.1 Å². The summed E-state index contributed by atoms with van der Waals surface area (Å²) in [5.41, 5.74) is 2.43. The van der Waals surface area contributed by atoms with Gasteiger partial charge in [-0.15, -0.1) is 11.8 Å². The number of nitrogens with zero attached hydrogens (tertiary/aromatic N) is 2. The number of aromatic nitrogens is 2. The Hall–Kier alpha value is -1.26. The van der Waals surface area contributed by atoms with Crippen molar-refractivity contribution in [2.75, 3.05) is 12.3 Å². The van der Waals surface area contributed by atoms with Gasteiger partial charge in [-0.05, 0) is 38.1 Å². The molecule has 1 unspecified atom stereocenters. The average Bonchev–Trinajstić information content (AvgIpc) is 2.87. The topological polar surface area (TPSA) is 29.9 Å². The molecule has 0 aliphatic rings. The van der Waals surface area contributed by atoms with E-state index in [9.17, 15) is 0 Å². The third-order valence-electron chi connectivity index (χ3n) is 3.17. The predicted octanol–water partition coefficient (Wildman–Crippen LogP) is 3.56. The lowest BCUT2D eigenvalue weighted by molar-refractivity contribution is 0.555. The first-order chi connectivity index (χ1) is 9.69. The maximum absolute atomic E-state index is 4.53. The first-order valence-corrected chi connectivity index (χ1v) is 8.10. The molecule has 3 nitrogen and oxygen atoms in total. The Balaban J connectivity index is 1.98. The summed E-state index contributed by atoms with van der Waals surface area (Å²) in [6.07, 6.45) is 3.14. The summed E-state index contributed by atoms with van der Waals surface area (Å²) in [7, 11) is 1.97. The van der Waals surface area contributed by atoms with Crippen molar-refractivity contribution in [3.05, 3.63) is 47.8 Å². The summed E-state index contributed by atoms with van der Waals surface area (Å²) in [5.74, 6) is 1.00. The molecule has 2 aromatic rings. The van der Waals surface area contributed by atoms with Crippen LogP contribution in [0.5, 0.6) is 0 Å². The van der Waals surface area contributed by atoms with Crippen molar-refractivity contribution in [3.63, 3.8) is 0 Å². The van der Waals surface area contributed by atoms with Crippen LogP contribution in [0.15, 0.2) is 41.4 Å². The quantitative estimate of drug-likeness (QED) is 0.790. The van der Waals surface area contributed by atoms with E-state index in [-0.39, 0.29) is 0 Å². The van der Waals surface area contributed by atoms with E-state index < -0.39 is 0 Å². The van der Waals surface area contributed by atoms with Gasteiger partial charge in [0.2, 0.25) is 0 Å². The average molecular weight is 289 g/mol. The highest BCUT2D eigenvalue weighted by Crippen LogP contribution is 2.24. The van der Waals surface area contributed by atoms with Crippen LogP contribution in [0.3, 0.4) is 0 Å². The predicted molar refractivity (Wildman–Crippen MR) is 86.1 cm³/mol. The van der Waals surface area contributed by atoms with Crippen LogP contribution >= 0.6 is 11.8 Å². The molecule has 0 bridgehead atoms. The van der Waals surface area contributed by atoms with Crippen molar-refractivity contribution in [3.8, 4) is 0 Å². The number of rotatable bonds is 7. The Morgan fingerprint density at radius 1 is 1.25 bits per heavy atom. The molecule has 1 heterocycles. The SMILES string of the molecule is CCCNC(CSc1ccc(C)cc1)c1ccn(C)n1. The van der Waals surface area contributed by atoms with Gasteiger partial charge in [-0.1, -0.05) is 24.6 Å². The van der Waals surface area contributed by atoms with Gasteiger partial charge in [-0.3, -0.25) is 4.68 Å². The number of thioether (sulfide) groups is 1. The zero-order valence-corrected chi connectivity index (χ0v) is 13.3. The van der Waals surface area contributed by atoms with Gasteiger partial charge >= 0.3 is 0 Å². The highest BCUT2D eigenvalue weighted by Gasteiger charge is 2.13. The molecule has 1 atom stereocenters. The van der Waals surface area contributed by atoms with E-state index in [0.717, 1.165) is 24.4 Å². The van der Waals surface area contributed by atoms with Crippen LogP contribution in [0, 0.1) is 6.92 Å². The minimum absolute atomic E-state index is 0.308. The van der Waals surface area contributed by atoms with Crippen molar-refractivity contribution >= 4 is 11.8 Å². The molecule has 0 fully saturated rings. The summed E-state index contributed by atoms with van der Waals surface area (Å²) in [5, 5.41) is 8.12. The fourth-order valence-electron chi connectivity index (χ4n) is 2.00. The molecule has 20 heavy (non-hydrogen) atoms. The van der Waals surface area contributed by atoms with Crippen molar-refractivity contribution < 1.29 is 0 Å². The fraction of sp³-hybridized carbons (Fsp3) is 0.438. The molecule has 0 saturated heterocycles. The van der Waals surface area contributed by atoms with E-state index >= 15 is 0 Å². The molecule has 0 saturated carbocycles. The Kier molecular flexibility index (Phi) is 5.68. The minimum atomic E-state index is 0.308. The zero-order valence-electron chi connectivity index (χ0n) is 12.5. The second kappa shape index (κ2) is 7.50. The first kappa shape index (κ1) is 15.1. The standard InChI is InChI=1S/C16H23N3S/c1-4-10-17-16(15-9-11-19(3)18-15)12-20-14-7-5-13(2)6-8-14/h5-9,11,16-17H,4,10,12H2,1-3H3. The van der Waals surface area contributed by atoms with Crippen LogP contribution < -0.4 is 5.32 Å². The molecule has 2 rings (SSSR count). The molecule has 0 aliphatic carbocycles.